The minimum Gasteiger partial charge on any atom is -0.442 e. The molecule has 2 rings (SSSR count). The van der Waals surface area contributed by atoms with E-state index in [1.165, 1.54) is 4.68 Å². The number of hydrogen-bond donors (Lipinski definition) is 0. The Hall–Kier alpha value is -1.36. The standard InChI is InChI=1S/C13H15BrN2O2/c1-8-6-5-7-9-10(8)16(15-11(9)14)12(17)18-13(2,3)4/h5-7H,1-4H3. The van der Waals surface area contributed by atoms with Crippen LogP contribution in [0.5, 0.6) is 0 Å². The molecule has 0 unspecified atom stereocenters. The lowest BCUT2D eigenvalue weighted by Crippen LogP contribution is -2.27. The Morgan fingerprint density at radius 2 is 2.06 bits per heavy atom. The normalized spacial score (nSPS) is 11.8. The summed E-state index contributed by atoms with van der Waals surface area (Å²) in [7, 11) is 0. The largest absolute Gasteiger partial charge is 0.442 e. The summed E-state index contributed by atoms with van der Waals surface area (Å²) in [5, 5.41) is 5.10. The minimum absolute atomic E-state index is 0.465. The van der Waals surface area contributed by atoms with Gasteiger partial charge in [-0.25, -0.2) is 4.79 Å². The van der Waals surface area contributed by atoms with Gasteiger partial charge in [0.25, 0.3) is 0 Å². The van der Waals surface area contributed by atoms with E-state index in [9.17, 15) is 4.79 Å². The van der Waals surface area contributed by atoms with Gasteiger partial charge in [-0.2, -0.15) is 9.78 Å². The molecule has 0 N–H and O–H groups in total. The molecule has 5 heteroatoms. The molecular weight excluding hydrogens is 296 g/mol. The number of ether oxygens (including phenoxy) is 1. The third kappa shape index (κ3) is 2.41. The van der Waals surface area contributed by atoms with E-state index in [0.717, 1.165) is 16.5 Å². The van der Waals surface area contributed by atoms with Crippen LogP contribution in [0.2, 0.25) is 0 Å². The van der Waals surface area contributed by atoms with Gasteiger partial charge in [-0.15, -0.1) is 0 Å². The number of aryl methyl sites for hydroxylation is 1. The van der Waals surface area contributed by atoms with Crippen LogP contribution in [-0.4, -0.2) is 21.5 Å². The summed E-state index contributed by atoms with van der Waals surface area (Å²) in [5.41, 5.74) is 1.22. The average Bonchev–Trinajstić information content (AvgIpc) is 2.56. The maximum Gasteiger partial charge on any atom is 0.435 e. The van der Waals surface area contributed by atoms with Crippen molar-refractivity contribution < 1.29 is 9.53 Å². The van der Waals surface area contributed by atoms with Gasteiger partial charge in [0.1, 0.15) is 10.2 Å². The first kappa shape index (κ1) is 13.1. The molecule has 0 atom stereocenters. The first-order valence-electron chi connectivity index (χ1n) is 5.67. The Morgan fingerprint density at radius 1 is 1.39 bits per heavy atom. The number of carbonyl (C=O) groups excluding carboxylic acids is 1. The number of hydrogen-bond acceptors (Lipinski definition) is 3. The van der Waals surface area contributed by atoms with Crippen molar-refractivity contribution >= 4 is 32.9 Å². The van der Waals surface area contributed by atoms with Crippen LogP contribution in [0, 0.1) is 6.92 Å². The van der Waals surface area contributed by atoms with Crippen LogP contribution in [0.1, 0.15) is 26.3 Å². The second kappa shape index (κ2) is 4.39. The molecule has 0 aliphatic heterocycles. The van der Waals surface area contributed by atoms with E-state index in [0.29, 0.717) is 4.60 Å². The summed E-state index contributed by atoms with van der Waals surface area (Å²) in [6, 6.07) is 5.79. The van der Waals surface area contributed by atoms with Crippen molar-refractivity contribution in [1.82, 2.24) is 9.78 Å². The second-order valence-corrected chi connectivity index (χ2v) is 5.91. The monoisotopic (exact) mass is 310 g/mol. The topological polar surface area (TPSA) is 44.1 Å². The van der Waals surface area contributed by atoms with Gasteiger partial charge >= 0.3 is 6.09 Å². The van der Waals surface area contributed by atoms with E-state index >= 15 is 0 Å². The fourth-order valence-corrected chi connectivity index (χ4v) is 2.21. The molecule has 18 heavy (non-hydrogen) atoms. The maximum absolute atomic E-state index is 12.1. The number of fused-ring (bicyclic) bond motifs is 1. The van der Waals surface area contributed by atoms with Crippen LogP contribution in [0.25, 0.3) is 10.9 Å². The molecule has 0 aliphatic rings. The van der Waals surface area contributed by atoms with Gasteiger partial charge in [0.2, 0.25) is 0 Å². The number of para-hydroxylation sites is 1. The molecule has 1 aromatic carbocycles. The molecule has 0 saturated heterocycles. The Morgan fingerprint density at radius 3 is 2.67 bits per heavy atom. The van der Waals surface area contributed by atoms with E-state index < -0.39 is 11.7 Å². The Kier molecular flexibility index (Phi) is 3.19. The zero-order chi connectivity index (χ0) is 13.5. The highest BCUT2D eigenvalue weighted by atomic mass is 79.9. The summed E-state index contributed by atoms with van der Waals surface area (Å²) >= 11 is 3.36. The summed E-state index contributed by atoms with van der Waals surface area (Å²) in [5.74, 6) is 0. The average molecular weight is 311 g/mol. The lowest BCUT2D eigenvalue weighted by molar-refractivity contribution is 0.0522. The van der Waals surface area contributed by atoms with Gasteiger partial charge in [-0.1, -0.05) is 12.1 Å². The fourth-order valence-electron chi connectivity index (χ4n) is 1.74. The number of halogens is 1. The van der Waals surface area contributed by atoms with Crippen molar-refractivity contribution in [3.63, 3.8) is 0 Å². The lowest BCUT2D eigenvalue weighted by atomic mass is 10.2. The molecule has 1 heterocycles. The van der Waals surface area contributed by atoms with Gasteiger partial charge < -0.3 is 4.74 Å². The predicted octanol–water partition coefficient (Wildman–Crippen LogP) is 3.89. The molecule has 0 spiro atoms. The summed E-state index contributed by atoms with van der Waals surface area (Å²) in [6.07, 6.45) is -0.465. The molecule has 0 amide bonds. The van der Waals surface area contributed by atoms with E-state index in [-0.39, 0.29) is 0 Å². The minimum atomic E-state index is -0.537. The van der Waals surface area contributed by atoms with Crippen LogP contribution in [0.3, 0.4) is 0 Å². The SMILES string of the molecule is Cc1cccc2c(Br)nn(C(=O)OC(C)(C)C)c12. The molecule has 2 aromatic rings. The van der Waals surface area contributed by atoms with Gasteiger partial charge in [0.05, 0.1) is 5.52 Å². The van der Waals surface area contributed by atoms with E-state index in [1.54, 1.807) is 0 Å². The molecule has 96 valence electrons. The summed E-state index contributed by atoms with van der Waals surface area (Å²) < 4.78 is 7.29. The molecule has 0 saturated carbocycles. The van der Waals surface area contributed by atoms with Crippen molar-refractivity contribution in [3.05, 3.63) is 28.4 Å². The zero-order valence-electron chi connectivity index (χ0n) is 10.8. The Bertz CT molecular complexity index is 611. The van der Waals surface area contributed by atoms with Crippen molar-refractivity contribution in [1.29, 1.82) is 0 Å². The second-order valence-electron chi connectivity index (χ2n) is 5.15. The molecule has 0 bridgehead atoms. The molecular formula is C13H15BrN2O2. The van der Waals surface area contributed by atoms with Gasteiger partial charge in [-0.3, -0.25) is 0 Å². The van der Waals surface area contributed by atoms with E-state index in [1.807, 2.05) is 45.9 Å². The van der Waals surface area contributed by atoms with Crippen LogP contribution < -0.4 is 0 Å². The number of benzene rings is 1. The number of nitrogens with zero attached hydrogens (tertiary/aromatic N) is 2. The van der Waals surface area contributed by atoms with E-state index in [2.05, 4.69) is 21.0 Å². The van der Waals surface area contributed by atoms with Crippen LogP contribution in [0.4, 0.5) is 4.79 Å². The van der Waals surface area contributed by atoms with Crippen LogP contribution in [0.15, 0.2) is 22.8 Å². The van der Waals surface area contributed by atoms with Crippen molar-refractivity contribution in [2.45, 2.75) is 33.3 Å². The van der Waals surface area contributed by atoms with Crippen molar-refractivity contribution in [3.8, 4) is 0 Å². The highest BCUT2D eigenvalue weighted by Gasteiger charge is 2.22. The van der Waals surface area contributed by atoms with E-state index in [4.69, 9.17) is 4.74 Å². The number of aromatic nitrogens is 2. The fraction of sp³-hybridized carbons (Fsp3) is 0.385. The number of carbonyl (C=O) groups is 1. The first-order valence-corrected chi connectivity index (χ1v) is 6.46. The first-order chi connectivity index (χ1) is 8.29. The summed E-state index contributed by atoms with van der Waals surface area (Å²) in [4.78, 5) is 12.1. The van der Waals surface area contributed by atoms with Crippen LogP contribution >= 0.6 is 15.9 Å². The Labute approximate surface area is 114 Å². The quantitative estimate of drug-likeness (QED) is 0.741. The lowest BCUT2D eigenvalue weighted by Gasteiger charge is -2.19. The molecule has 4 nitrogen and oxygen atoms in total. The molecule has 0 radical (unpaired) electrons. The van der Waals surface area contributed by atoms with Crippen molar-refractivity contribution in [2.75, 3.05) is 0 Å². The predicted molar refractivity (Wildman–Crippen MR) is 73.8 cm³/mol. The molecule has 1 aromatic heterocycles. The van der Waals surface area contributed by atoms with Crippen molar-refractivity contribution in [2.24, 2.45) is 0 Å². The molecule has 0 fully saturated rings. The summed E-state index contributed by atoms with van der Waals surface area (Å²) in [6.45, 7) is 7.44. The smallest absolute Gasteiger partial charge is 0.435 e. The zero-order valence-corrected chi connectivity index (χ0v) is 12.4. The highest BCUT2D eigenvalue weighted by molar-refractivity contribution is 9.10. The number of rotatable bonds is 0. The van der Waals surface area contributed by atoms with Gasteiger partial charge in [-0.05, 0) is 55.3 Å². The highest BCUT2D eigenvalue weighted by Crippen LogP contribution is 2.26. The molecule has 0 aliphatic carbocycles. The maximum atomic E-state index is 12.1. The van der Waals surface area contributed by atoms with Gasteiger partial charge in [0.15, 0.2) is 0 Å². The Balaban J connectivity index is 2.55. The third-order valence-electron chi connectivity index (χ3n) is 2.43. The third-order valence-corrected chi connectivity index (χ3v) is 3.01. The van der Waals surface area contributed by atoms with Gasteiger partial charge in [0, 0.05) is 5.39 Å². The van der Waals surface area contributed by atoms with Crippen LogP contribution in [-0.2, 0) is 4.74 Å².